The van der Waals surface area contributed by atoms with Gasteiger partial charge in [0.15, 0.2) is 0 Å². The molecule has 23 heavy (non-hydrogen) atoms. The molecule has 0 saturated heterocycles. The van der Waals surface area contributed by atoms with Crippen molar-refractivity contribution in [1.82, 2.24) is 5.32 Å². The highest BCUT2D eigenvalue weighted by Crippen LogP contribution is 2.55. The van der Waals surface area contributed by atoms with Gasteiger partial charge in [0, 0.05) is 10.4 Å². The van der Waals surface area contributed by atoms with E-state index in [-0.39, 0.29) is 11.4 Å². The van der Waals surface area contributed by atoms with Gasteiger partial charge in [-0.25, -0.2) is 0 Å². The second-order valence-corrected chi connectivity index (χ2v) is 9.33. The van der Waals surface area contributed by atoms with Gasteiger partial charge in [-0.3, -0.25) is 4.79 Å². The first-order valence-electron chi connectivity index (χ1n) is 9.02. The summed E-state index contributed by atoms with van der Waals surface area (Å²) >= 11 is 1.67. The first-order valence-corrected chi connectivity index (χ1v) is 10.0. The molecule has 5 rings (SSSR count). The van der Waals surface area contributed by atoms with Gasteiger partial charge in [0.1, 0.15) is 0 Å². The zero-order chi connectivity index (χ0) is 16.0. The Balaban J connectivity index is 1.36. The maximum atomic E-state index is 12.5. The number of carbonyl (C=O) groups is 1. The Kier molecular flexibility index (Phi) is 3.95. The lowest BCUT2D eigenvalue weighted by molar-refractivity contribution is -0.124. The van der Waals surface area contributed by atoms with E-state index in [1.54, 1.807) is 11.8 Å². The number of rotatable bonds is 4. The van der Waals surface area contributed by atoms with Gasteiger partial charge in [-0.15, -0.1) is 11.8 Å². The van der Waals surface area contributed by atoms with Crippen molar-refractivity contribution in [2.45, 2.75) is 62.8 Å². The minimum atomic E-state index is 0.148. The molecule has 0 aromatic heterocycles. The molecule has 0 unspecified atom stereocenters. The minimum Gasteiger partial charge on any atom is -0.350 e. The molecule has 1 amide bonds. The van der Waals surface area contributed by atoms with Crippen molar-refractivity contribution in [1.29, 1.82) is 0 Å². The highest BCUT2D eigenvalue weighted by Gasteiger charge is 2.51. The molecular weight excluding hydrogens is 302 g/mol. The predicted octanol–water partition coefficient (Wildman–Crippen LogP) is 4.48. The summed E-state index contributed by atoms with van der Waals surface area (Å²) in [5, 5.41) is 3.46. The summed E-state index contributed by atoms with van der Waals surface area (Å²) in [6.45, 7) is 4.26. The molecule has 1 aromatic carbocycles. The van der Waals surface area contributed by atoms with Crippen LogP contribution in [0.4, 0.5) is 0 Å². The van der Waals surface area contributed by atoms with Crippen LogP contribution < -0.4 is 5.32 Å². The molecule has 0 aliphatic heterocycles. The summed E-state index contributed by atoms with van der Waals surface area (Å²) in [5.74, 6) is 3.43. The quantitative estimate of drug-likeness (QED) is 0.825. The molecule has 1 N–H and O–H groups in total. The van der Waals surface area contributed by atoms with Crippen molar-refractivity contribution in [3.05, 3.63) is 29.3 Å². The van der Waals surface area contributed by atoms with Gasteiger partial charge in [0.25, 0.3) is 0 Å². The summed E-state index contributed by atoms with van der Waals surface area (Å²) < 4.78 is 0. The molecule has 4 aliphatic rings. The molecular formula is C20H27NOS. The highest BCUT2D eigenvalue weighted by molar-refractivity contribution is 8.00. The van der Waals surface area contributed by atoms with E-state index in [9.17, 15) is 4.79 Å². The zero-order valence-electron chi connectivity index (χ0n) is 14.2. The average molecular weight is 330 g/mol. The first-order chi connectivity index (χ1) is 11.0. The Hall–Kier alpha value is -0.960. The van der Waals surface area contributed by atoms with Gasteiger partial charge in [0.2, 0.25) is 5.91 Å². The lowest BCUT2D eigenvalue weighted by atomic mass is 9.53. The van der Waals surface area contributed by atoms with Crippen molar-refractivity contribution in [2.75, 3.05) is 5.75 Å². The molecule has 0 spiro atoms. The molecule has 2 nitrogen and oxygen atoms in total. The van der Waals surface area contributed by atoms with Crippen LogP contribution in [0.5, 0.6) is 0 Å². The third-order valence-corrected chi connectivity index (χ3v) is 7.28. The van der Waals surface area contributed by atoms with E-state index in [4.69, 9.17) is 0 Å². The molecule has 4 saturated carbocycles. The van der Waals surface area contributed by atoms with Crippen LogP contribution in [0.3, 0.4) is 0 Å². The normalized spacial score (nSPS) is 34.6. The second-order valence-electron chi connectivity index (χ2n) is 8.28. The number of amides is 1. The average Bonchev–Trinajstić information content (AvgIpc) is 2.46. The number of hydrogen-bond donors (Lipinski definition) is 1. The minimum absolute atomic E-state index is 0.148. The summed E-state index contributed by atoms with van der Waals surface area (Å²) in [5.41, 5.74) is 2.76. The van der Waals surface area contributed by atoms with Crippen LogP contribution in [-0.2, 0) is 4.79 Å². The van der Waals surface area contributed by atoms with E-state index in [2.05, 4.69) is 37.4 Å². The van der Waals surface area contributed by atoms with Gasteiger partial charge in [-0.05, 0) is 93.4 Å². The number of hydrogen-bond acceptors (Lipinski definition) is 2. The first kappa shape index (κ1) is 15.6. The fourth-order valence-corrected chi connectivity index (χ4v) is 6.34. The SMILES string of the molecule is Cc1ccc(SCC(=O)NC23CC4CC(CC(C4)C2)C3)cc1C. The van der Waals surface area contributed by atoms with Gasteiger partial charge in [-0.2, -0.15) is 0 Å². The summed E-state index contributed by atoms with van der Waals surface area (Å²) in [6.07, 6.45) is 7.97. The van der Waals surface area contributed by atoms with Crippen molar-refractivity contribution in [3.63, 3.8) is 0 Å². The molecule has 3 heteroatoms. The lowest BCUT2D eigenvalue weighted by Crippen LogP contribution is -2.60. The Morgan fingerprint density at radius 3 is 2.26 bits per heavy atom. The molecule has 124 valence electrons. The van der Waals surface area contributed by atoms with Crippen LogP contribution in [-0.4, -0.2) is 17.2 Å². The Labute approximate surface area is 143 Å². The predicted molar refractivity (Wildman–Crippen MR) is 95.7 cm³/mol. The maximum Gasteiger partial charge on any atom is 0.230 e. The fourth-order valence-electron chi connectivity index (χ4n) is 5.55. The van der Waals surface area contributed by atoms with E-state index >= 15 is 0 Å². The summed E-state index contributed by atoms with van der Waals surface area (Å²) in [6, 6.07) is 6.47. The molecule has 1 aromatic rings. The molecule has 0 heterocycles. The van der Waals surface area contributed by atoms with Crippen LogP contribution in [0.25, 0.3) is 0 Å². The largest absolute Gasteiger partial charge is 0.350 e. The van der Waals surface area contributed by atoms with Crippen LogP contribution >= 0.6 is 11.8 Å². The fraction of sp³-hybridized carbons (Fsp3) is 0.650. The molecule has 0 atom stereocenters. The number of carbonyl (C=O) groups excluding carboxylic acids is 1. The molecule has 4 aliphatic carbocycles. The van der Waals surface area contributed by atoms with E-state index in [1.165, 1.54) is 54.5 Å². The van der Waals surface area contributed by atoms with Crippen LogP contribution in [0.1, 0.15) is 49.7 Å². The van der Waals surface area contributed by atoms with Gasteiger partial charge < -0.3 is 5.32 Å². The van der Waals surface area contributed by atoms with Gasteiger partial charge in [0.05, 0.1) is 5.75 Å². The van der Waals surface area contributed by atoms with Gasteiger partial charge in [-0.1, -0.05) is 6.07 Å². The number of thioether (sulfide) groups is 1. The van der Waals surface area contributed by atoms with Crippen LogP contribution in [0.15, 0.2) is 23.1 Å². The standard InChI is InChI=1S/C20H27NOS/c1-13-3-4-18(5-14(13)2)23-12-19(22)21-20-9-15-6-16(10-20)8-17(7-15)11-20/h3-5,15-17H,6-12H2,1-2H3,(H,21,22). The third kappa shape index (κ3) is 3.17. The van der Waals surface area contributed by atoms with Gasteiger partial charge >= 0.3 is 0 Å². The van der Waals surface area contributed by atoms with Crippen LogP contribution in [0.2, 0.25) is 0 Å². The smallest absolute Gasteiger partial charge is 0.230 e. The second kappa shape index (κ2) is 5.84. The summed E-state index contributed by atoms with van der Waals surface area (Å²) in [4.78, 5) is 13.7. The third-order valence-electron chi connectivity index (χ3n) is 6.29. The molecule has 4 fully saturated rings. The number of benzene rings is 1. The van der Waals surface area contributed by atoms with Crippen LogP contribution in [0, 0.1) is 31.6 Å². The van der Waals surface area contributed by atoms with Crippen molar-refractivity contribution in [3.8, 4) is 0 Å². The van der Waals surface area contributed by atoms with Crippen molar-refractivity contribution in [2.24, 2.45) is 17.8 Å². The highest BCUT2D eigenvalue weighted by atomic mass is 32.2. The topological polar surface area (TPSA) is 29.1 Å². The monoisotopic (exact) mass is 329 g/mol. The number of aryl methyl sites for hydroxylation is 2. The molecule has 0 radical (unpaired) electrons. The maximum absolute atomic E-state index is 12.5. The molecule has 4 bridgehead atoms. The Bertz CT molecular complexity index is 589. The van der Waals surface area contributed by atoms with E-state index in [1.807, 2.05) is 0 Å². The van der Waals surface area contributed by atoms with Crippen molar-refractivity contribution < 1.29 is 4.79 Å². The lowest BCUT2D eigenvalue weighted by Gasteiger charge is -2.56. The van der Waals surface area contributed by atoms with E-state index in [0.29, 0.717) is 5.75 Å². The number of nitrogens with one attached hydrogen (secondary N) is 1. The van der Waals surface area contributed by atoms with Crippen molar-refractivity contribution >= 4 is 17.7 Å². The Morgan fingerprint density at radius 1 is 1.09 bits per heavy atom. The zero-order valence-corrected chi connectivity index (χ0v) is 15.0. The summed E-state index contributed by atoms with van der Waals surface area (Å²) in [7, 11) is 0. The van der Waals surface area contributed by atoms with E-state index < -0.39 is 0 Å². The van der Waals surface area contributed by atoms with E-state index in [0.717, 1.165) is 17.8 Å². The Morgan fingerprint density at radius 2 is 1.70 bits per heavy atom.